The average Bonchev–Trinajstić information content (AvgIpc) is 2.70. The van der Waals surface area contributed by atoms with E-state index in [0.717, 1.165) is 16.7 Å². The minimum atomic E-state index is -0.518. The molecule has 0 amide bonds. The van der Waals surface area contributed by atoms with Crippen molar-refractivity contribution in [1.82, 2.24) is 4.98 Å². The van der Waals surface area contributed by atoms with Crippen molar-refractivity contribution in [3.63, 3.8) is 0 Å². The highest BCUT2D eigenvalue weighted by Crippen LogP contribution is 2.28. The standard InChI is InChI=1S/C23H19NO4/c1-4-27-23(26)17-12-18-21(25)16-10-13(2)14(3)11-19(16)28-22(18)24-20(17)15-8-6-5-7-9-15/h5-12H,4H2,1-3H3. The summed E-state index contributed by atoms with van der Waals surface area (Å²) < 4.78 is 11.1. The van der Waals surface area contributed by atoms with Gasteiger partial charge in [0.1, 0.15) is 5.58 Å². The molecule has 0 aliphatic rings. The van der Waals surface area contributed by atoms with Crippen LogP contribution in [-0.2, 0) is 4.74 Å². The van der Waals surface area contributed by atoms with Crippen LogP contribution in [0.25, 0.3) is 33.3 Å². The van der Waals surface area contributed by atoms with Gasteiger partial charge in [0, 0.05) is 5.56 Å². The summed E-state index contributed by atoms with van der Waals surface area (Å²) in [6.45, 7) is 5.88. The van der Waals surface area contributed by atoms with Crippen LogP contribution in [0.4, 0.5) is 0 Å². The predicted octanol–water partition coefficient (Wildman–Crippen LogP) is 4.80. The Balaban J connectivity index is 2.09. The Morgan fingerprint density at radius 3 is 2.46 bits per heavy atom. The summed E-state index contributed by atoms with van der Waals surface area (Å²) in [7, 11) is 0. The van der Waals surface area contributed by atoms with Crippen molar-refractivity contribution < 1.29 is 13.9 Å². The number of rotatable bonds is 3. The summed E-state index contributed by atoms with van der Waals surface area (Å²) in [5.41, 5.74) is 3.92. The lowest BCUT2D eigenvalue weighted by atomic mass is 10.0. The highest BCUT2D eigenvalue weighted by Gasteiger charge is 2.20. The summed E-state index contributed by atoms with van der Waals surface area (Å²) >= 11 is 0. The molecule has 0 N–H and O–H groups in total. The second-order valence-corrected chi connectivity index (χ2v) is 6.69. The molecule has 2 heterocycles. The van der Waals surface area contributed by atoms with Crippen molar-refractivity contribution in [2.45, 2.75) is 20.8 Å². The molecule has 5 nitrogen and oxygen atoms in total. The first-order valence-electron chi connectivity index (χ1n) is 9.11. The number of nitrogens with zero attached hydrogens (tertiary/aromatic N) is 1. The molecule has 0 bridgehead atoms. The molecule has 0 unspecified atom stereocenters. The van der Waals surface area contributed by atoms with Gasteiger partial charge in [-0.3, -0.25) is 4.79 Å². The minimum absolute atomic E-state index is 0.202. The molecule has 0 aliphatic heterocycles. The van der Waals surface area contributed by atoms with Crippen LogP contribution in [0.1, 0.15) is 28.4 Å². The number of esters is 1. The van der Waals surface area contributed by atoms with E-state index in [-0.39, 0.29) is 28.7 Å². The highest BCUT2D eigenvalue weighted by molar-refractivity contribution is 6.01. The maximum atomic E-state index is 13.1. The van der Waals surface area contributed by atoms with E-state index in [0.29, 0.717) is 16.7 Å². The molecule has 4 aromatic rings. The van der Waals surface area contributed by atoms with Gasteiger partial charge >= 0.3 is 5.97 Å². The van der Waals surface area contributed by atoms with E-state index in [1.807, 2.05) is 56.3 Å². The van der Waals surface area contributed by atoms with Crippen LogP contribution in [0, 0.1) is 13.8 Å². The number of aryl methyl sites for hydroxylation is 2. The lowest BCUT2D eigenvalue weighted by molar-refractivity contribution is 0.0527. The Morgan fingerprint density at radius 1 is 1.04 bits per heavy atom. The summed E-state index contributed by atoms with van der Waals surface area (Å²) in [5.74, 6) is -0.518. The molecule has 4 rings (SSSR count). The molecule has 2 aromatic carbocycles. The number of hydrogen-bond acceptors (Lipinski definition) is 5. The Morgan fingerprint density at radius 2 is 1.75 bits per heavy atom. The van der Waals surface area contributed by atoms with Crippen molar-refractivity contribution in [2.24, 2.45) is 0 Å². The second-order valence-electron chi connectivity index (χ2n) is 6.69. The fraction of sp³-hybridized carbons (Fsp3) is 0.174. The molecule has 0 radical (unpaired) electrons. The minimum Gasteiger partial charge on any atom is -0.462 e. The number of fused-ring (bicyclic) bond motifs is 2. The number of pyridine rings is 1. The van der Waals surface area contributed by atoms with Crippen LogP contribution >= 0.6 is 0 Å². The maximum absolute atomic E-state index is 13.1. The van der Waals surface area contributed by atoms with Gasteiger partial charge in [-0.05, 0) is 50.1 Å². The molecule has 0 saturated carbocycles. The van der Waals surface area contributed by atoms with Crippen molar-refractivity contribution in [1.29, 1.82) is 0 Å². The zero-order valence-corrected chi connectivity index (χ0v) is 15.9. The summed E-state index contributed by atoms with van der Waals surface area (Å²) in [4.78, 5) is 30.2. The molecule has 0 aliphatic carbocycles. The Kier molecular flexibility index (Phi) is 4.43. The monoisotopic (exact) mass is 373 g/mol. The van der Waals surface area contributed by atoms with Crippen LogP contribution in [0.3, 0.4) is 0 Å². The number of carbonyl (C=O) groups is 1. The average molecular weight is 373 g/mol. The van der Waals surface area contributed by atoms with E-state index in [9.17, 15) is 9.59 Å². The van der Waals surface area contributed by atoms with Crippen molar-refractivity contribution in [3.05, 3.63) is 75.4 Å². The van der Waals surface area contributed by atoms with Gasteiger partial charge in [0.15, 0.2) is 0 Å². The van der Waals surface area contributed by atoms with Gasteiger partial charge in [-0.25, -0.2) is 9.78 Å². The van der Waals surface area contributed by atoms with Gasteiger partial charge in [0.05, 0.1) is 28.6 Å². The van der Waals surface area contributed by atoms with Crippen molar-refractivity contribution in [2.75, 3.05) is 6.61 Å². The smallest absolute Gasteiger partial charge is 0.340 e. The SMILES string of the molecule is CCOC(=O)c1cc2c(=O)c3cc(C)c(C)cc3oc2nc1-c1ccccc1. The molecular formula is C23H19NO4. The second kappa shape index (κ2) is 6.93. The highest BCUT2D eigenvalue weighted by atomic mass is 16.5. The van der Waals surface area contributed by atoms with Gasteiger partial charge < -0.3 is 9.15 Å². The third-order valence-corrected chi connectivity index (χ3v) is 4.82. The van der Waals surface area contributed by atoms with Gasteiger partial charge in [0.25, 0.3) is 0 Å². The summed E-state index contributed by atoms with van der Waals surface area (Å²) in [5, 5.41) is 0.734. The normalized spacial score (nSPS) is 11.1. The Bertz CT molecular complexity index is 1270. The van der Waals surface area contributed by atoms with Gasteiger partial charge in [0.2, 0.25) is 11.1 Å². The molecule has 0 spiro atoms. The zero-order valence-electron chi connectivity index (χ0n) is 15.9. The van der Waals surface area contributed by atoms with E-state index < -0.39 is 5.97 Å². The molecule has 0 fully saturated rings. The van der Waals surface area contributed by atoms with Crippen LogP contribution in [0.2, 0.25) is 0 Å². The van der Waals surface area contributed by atoms with E-state index in [1.165, 1.54) is 6.07 Å². The van der Waals surface area contributed by atoms with E-state index >= 15 is 0 Å². The predicted molar refractivity (Wildman–Crippen MR) is 109 cm³/mol. The van der Waals surface area contributed by atoms with Crippen LogP contribution in [-0.4, -0.2) is 17.6 Å². The molecule has 0 saturated heterocycles. The number of benzene rings is 2. The van der Waals surface area contributed by atoms with Crippen molar-refractivity contribution in [3.8, 4) is 11.3 Å². The largest absolute Gasteiger partial charge is 0.462 e. The van der Waals surface area contributed by atoms with Gasteiger partial charge in [-0.2, -0.15) is 0 Å². The quantitative estimate of drug-likeness (QED) is 0.381. The third-order valence-electron chi connectivity index (χ3n) is 4.82. The topological polar surface area (TPSA) is 69.4 Å². The van der Waals surface area contributed by atoms with Crippen LogP contribution in [0.5, 0.6) is 0 Å². The van der Waals surface area contributed by atoms with Gasteiger partial charge in [-0.15, -0.1) is 0 Å². The summed E-state index contributed by atoms with van der Waals surface area (Å²) in [6.07, 6.45) is 0. The number of carbonyl (C=O) groups excluding carboxylic acids is 1. The van der Waals surface area contributed by atoms with E-state index in [2.05, 4.69) is 4.98 Å². The number of hydrogen-bond donors (Lipinski definition) is 0. The lowest BCUT2D eigenvalue weighted by Gasteiger charge is -2.11. The Hall–Kier alpha value is -3.47. The van der Waals surface area contributed by atoms with Gasteiger partial charge in [-0.1, -0.05) is 30.3 Å². The summed E-state index contributed by atoms with van der Waals surface area (Å²) in [6, 6.07) is 14.5. The van der Waals surface area contributed by atoms with E-state index in [1.54, 1.807) is 6.92 Å². The lowest BCUT2D eigenvalue weighted by Crippen LogP contribution is -2.11. The van der Waals surface area contributed by atoms with Crippen LogP contribution < -0.4 is 5.43 Å². The number of ether oxygens (including phenoxy) is 1. The zero-order chi connectivity index (χ0) is 19.8. The Labute approximate surface area is 161 Å². The fourth-order valence-corrected chi connectivity index (χ4v) is 3.22. The first-order chi connectivity index (χ1) is 13.5. The molecule has 5 heteroatoms. The number of aromatic nitrogens is 1. The molecule has 0 atom stereocenters. The third kappa shape index (κ3) is 2.95. The fourth-order valence-electron chi connectivity index (χ4n) is 3.22. The first kappa shape index (κ1) is 17.9. The van der Waals surface area contributed by atoms with Crippen molar-refractivity contribution >= 4 is 28.0 Å². The molecule has 140 valence electrons. The van der Waals surface area contributed by atoms with E-state index in [4.69, 9.17) is 9.15 Å². The molecule has 28 heavy (non-hydrogen) atoms. The molecule has 2 aromatic heterocycles. The molecular weight excluding hydrogens is 354 g/mol. The maximum Gasteiger partial charge on any atom is 0.340 e. The van der Waals surface area contributed by atoms with Crippen LogP contribution in [0.15, 0.2) is 57.7 Å². The first-order valence-corrected chi connectivity index (χ1v) is 9.11.